The Morgan fingerprint density at radius 1 is 0.710 bits per heavy atom. The van der Waals surface area contributed by atoms with Gasteiger partial charge in [0.2, 0.25) is 11.8 Å². The summed E-state index contributed by atoms with van der Waals surface area (Å²) in [6, 6.07) is 13.7. The number of aliphatic hydroxyl groups is 2. The van der Waals surface area contributed by atoms with Gasteiger partial charge in [0.1, 0.15) is 11.6 Å². The lowest BCUT2D eigenvalue weighted by atomic mass is 9.72. The van der Waals surface area contributed by atoms with Crippen molar-refractivity contribution in [3.63, 3.8) is 0 Å². The van der Waals surface area contributed by atoms with Crippen molar-refractivity contribution in [2.45, 2.75) is 101 Å². The SMILES string of the molecule is COc1cc2cc(CC(O)(CC(C)(C)c3cc(Cl)cc4c3OCC4)C(F)(F)F)[nH]c2cn1.COc1cc2cc(CC(O)(CC(C)(C)c3cc(F)ccc3C)C(F)(F)F)[nH]c2cn1. The van der Waals surface area contributed by atoms with Crippen molar-refractivity contribution in [2.75, 3.05) is 20.8 Å². The number of pyridine rings is 2. The van der Waals surface area contributed by atoms with E-state index in [-0.39, 0.29) is 11.4 Å². The molecule has 0 saturated heterocycles. The van der Waals surface area contributed by atoms with Crippen LogP contribution in [-0.2, 0) is 30.1 Å². The van der Waals surface area contributed by atoms with E-state index in [1.54, 1.807) is 65.0 Å². The summed E-state index contributed by atoms with van der Waals surface area (Å²) in [4.78, 5) is 13.9. The van der Waals surface area contributed by atoms with Crippen LogP contribution >= 0.6 is 11.6 Å². The van der Waals surface area contributed by atoms with Crippen LogP contribution in [-0.4, -0.2) is 74.5 Å². The number of nitrogens with one attached hydrogen (secondary N) is 2. The van der Waals surface area contributed by atoms with Crippen molar-refractivity contribution in [3.05, 3.63) is 111 Å². The van der Waals surface area contributed by atoms with Crippen LogP contribution in [0, 0.1) is 12.7 Å². The van der Waals surface area contributed by atoms with Gasteiger partial charge in [0.05, 0.1) is 44.3 Å². The molecule has 2 atom stereocenters. The van der Waals surface area contributed by atoms with E-state index in [0.29, 0.717) is 74.1 Å². The summed E-state index contributed by atoms with van der Waals surface area (Å²) < 4.78 is 114. The molecule has 0 aliphatic carbocycles. The van der Waals surface area contributed by atoms with Crippen LogP contribution in [0.15, 0.2) is 67.0 Å². The minimum Gasteiger partial charge on any atom is -0.493 e. The maximum Gasteiger partial charge on any atom is 0.417 e. The van der Waals surface area contributed by atoms with Crippen molar-refractivity contribution >= 4 is 33.4 Å². The molecule has 0 amide bonds. The largest absolute Gasteiger partial charge is 0.493 e. The van der Waals surface area contributed by atoms with Gasteiger partial charge >= 0.3 is 12.4 Å². The van der Waals surface area contributed by atoms with Crippen LogP contribution in [0.3, 0.4) is 0 Å². The third kappa shape index (κ3) is 9.77. The first kappa shape index (κ1) is 46.4. The molecule has 1 aliphatic heterocycles. The fourth-order valence-corrected chi connectivity index (χ4v) is 8.70. The molecule has 17 heteroatoms. The zero-order chi connectivity index (χ0) is 45.6. The number of methoxy groups -OCH3 is 2. The maximum absolute atomic E-state index is 14.2. The molecule has 334 valence electrons. The Morgan fingerprint density at radius 2 is 1.19 bits per heavy atom. The third-order valence-electron chi connectivity index (χ3n) is 11.4. The lowest BCUT2D eigenvalue weighted by Crippen LogP contribution is -2.51. The van der Waals surface area contributed by atoms with E-state index in [9.17, 15) is 40.9 Å². The van der Waals surface area contributed by atoms with Crippen molar-refractivity contribution in [2.24, 2.45) is 0 Å². The molecule has 6 aromatic rings. The fourth-order valence-electron chi connectivity index (χ4n) is 8.46. The maximum atomic E-state index is 14.2. The first-order valence-electron chi connectivity index (χ1n) is 19.6. The number of alkyl halides is 6. The van der Waals surface area contributed by atoms with Crippen LogP contribution in [0.25, 0.3) is 21.8 Å². The molecule has 2 aromatic carbocycles. The number of nitrogens with zero attached hydrogens (tertiary/aromatic N) is 2. The predicted molar refractivity (Wildman–Crippen MR) is 222 cm³/mol. The number of aromatic nitrogens is 4. The minimum atomic E-state index is -4.89. The van der Waals surface area contributed by atoms with Crippen molar-refractivity contribution in [3.8, 4) is 17.5 Å². The lowest BCUT2D eigenvalue weighted by molar-refractivity contribution is -0.266. The van der Waals surface area contributed by atoms with Crippen molar-refractivity contribution < 1.29 is 55.2 Å². The number of aryl methyl sites for hydroxylation is 1. The van der Waals surface area contributed by atoms with E-state index in [1.165, 1.54) is 50.9 Å². The molecule has 1 aliphatic rings. The summed E-state index contributed by atoms with van der Waals surface area (Å²) in [5.41, 5.74) is -4.13. The Balaban J connectivity index is 0.000000207. The van der Waals surface area contributed by atoms with E-state index in [0.717, 1.165) is 5.56 Å². The molecule has 0 radical (unpaired) electrons. The van der Waals surface area contributed by atoms with E-state index in [1.807, 2.05) is 0 Å². The zero-order valence-electron chi connectivity index (χ0n) is 35.1. The summed E-state index contributed by atoms with van der Waals surface area (Å²) in [6.07, 6.45) is -8.67. The van der Waals surface area contributed by atoms with Gasteiger partial charge in [-0.15, -0.1) is 0 Å². The fraction of sp³-hybridized carbons (Fsp3) is 0.422. The van der Waals surface area contributed by atoms with E-state index < -0.39 is 65.9 Å². The second-order valence-electron chi connectivity index (χ2n) is 17.2. The molecule has 62 heavy (non-hydrogen) atoms. The number of halogens is 8. The summed E-state index contributed by atoms with van der Waals surface area (Å²) in [5, 5.41) is 23.5. The van der Waals surface area contributed by atoms with E-state index >= 15 is 0 Å². The highest BCUT2D eigenvalue weighted by molar-refractivity contribution is 6.30. The topological polar surface area (TPSA) is 126 Å². The van der Waals surface area contributed by atoms with Gasteiger partial charge < -0.3 is 34.4 Å². The van der Waals surface area contributed by atoms with Gasteiger partial charge in [-0.3, -0.25) is 0 Å². The van der Waals surface area contributed by atoms with Crippen molar-refractivity contribution in [1.82, 2.24) is 19.9 Å². The lowest BCUT2D eigenvalue weighted by Gasteiger charge is -2.38. The van der Waals surface area contributed by atoms with Gasteiger partial charge in [-0.1, -0.05) is 45.4 Å². The van der Waals surface area contributed by atoms with Crippen molar-refractivity contribution in [1.29, 1.82) is 0 Å². The number of fused-ring (bicyclic) bond motifs is 3. The first-order chi connectivity index (χ1) is 28.8. The minimum absolute atomic E-state index is 0.214. The number of aromatic amines is 2. The van der Waals surface area contributed by atoms with Gasteiger partial charge in [0, 0.05) is 64.1 Å². The first-order valence-corrected chi connectivity index (χ1v) is 20.0. The zero-order valence-corrected chi connectivity index (χ0v) is 35.9. The van der Waals surface area contributed by atoms with Crippen LogP contribution in [0.2, 0.25) is 5.02 Å². The summed E-state index contributed by atoms with van der Waals surface area (Å²) in [5.74, 6) is 0.718. The molecule has 4 aromatic heterocycles. The molecule has 5 heterocycles. The molecular formula is C45H48ClF7N4O5. The average Bonchev–Trinajstić information content (AvgIpc) is 3.91. The van der Waals surface area contributed by atoms with Gasteiger partial charge in [-0.25, -0.2) is 14.4 Å². The summed E-state index contributed by atoms with van der Waals surface area (Å²) in [6.45, 7) is 8.64. The highest BCUT2D eigenvalue weighted by Gasteiger charge is 2.57. The predicted octanol–water partition coefficient (Wildman–Crippen LogP) is 10.6. The Morgan fingerprint density at radius 3 is 1.66 bits per heavy atom. The molecule has 4 N–H and O–H groups in total. The van der Waals surface area contributed by atoms with Crippen LogP contribution in [0.4, 0.5) is 30.7 Å². The molecule has 0 spiro atoms. The molecular weight excluding hydrogens is 845 g/mol. The average molecular weight is 893 g/mol. The summed E-state index contributed by atoms with van der Waals surface area (Å²) in [7, 11) is 2.91. The number of ether oxygens (including phenoxy) is 3. The second-order valence-corrected chi connectivity index (χ2v) is 17.7. The van der Waals surface area contributed by atoms with Crippen LogP contribution in [0.5, 0.6) is 17.5 Å². The Labute approximate surface area is 358 Å². The quantitative estimate of drug-likeness (QED) is 0.0902. The van der Waals surface area contributed by atoms with Gasteiger partial charge in [-0.2, -0.15) is 26.3 Å². The standard InChI is InChI=1S/C23H24ClF3N2O3.C22H24F4N2O2/c1-21(2,17-9-15(24)6-13-4-5-32-20(13)17)12-22(30,23(25,26)27)10-16-7-14-8-19(31-3)28-11-18(14)29-16;1-13-5-6-15(23)9-17(13)20(2,3)12-21(29,22(24,25)26)10-16-7-14-8-19(30-4)27-11-18(14)28-16/h6-9,11,29-30H,4-5,10,12H2,1-3H3;5-9,11,28-29H,10,12H2,1-4H3. The summed E-state index contributed by atoms with van der Waals surface area (Å²) >= 11 is 6.23. The number of hydrogen-bond acceptors (Lipinski definition) is 7. The molecule has 7 rings (SSSR count). The third-order valence-corrected chi connectivity index (χ3v) is 11.6. The van der Waals surface area contributed by atoms with Gasteiger partial charge in [0.15, 0.2) is 11.2 Å². The van der Waals surface area contributed by atoms with Gasteiger partial charge in [0.25, 0.3) is 0 Å². The molecule has 0 bridgehead atoms. The molecule has 2 unspecified atom stereocenters. The Bertz CT molecular complexity index is 2570. The number of benzene rings is 2. The second kappa shape index (κ2) is 16.9. The number of hydrogen-bond donors (Lipinski definition) is 4. The monoisotopic (exact) mass is 892 g/mol. The Hall–Kier alpha value is -5.06. The van der Waals surface area contributed by atoms with Crippen LogP contribution < -0.4 is 14.2 Å². The number of H-pyrrole nitrogens is 2. The molecule has 9 nitrogen and oxygen atoms in total. The van der Waals surface area contributed by atoms with Gasteiger partial charge in [-0.05, 0) is 83.7 Å². The number of rotatable bonds is 12. The van der Waals surface area contributed by atoms with Crippen LogP contribution in [0.1, 0.15) is 74.2 Å². The molecule has 0 fully saturated rings. The van der Waals surface area contributed by atoms with E-state index in [2.05, 4.69) is 19.9 Å². The smallest absolute Gasteiger partial charge is 0.417 e. The Kier molecular flexibility index (Phi) is 12.7. The van der Waals surface area contributed by atoms with E-state index in [4.69, 9.17) is 25.8 Å². The highest BCUT2D eigenvalue weighted by atomic mass is 35.5. The highest BCUT2D eigenvalue weighted by Crippen LogP contribution is 2.48. The normalized spacial score (nSPS) is 15.4. The molecule has 0 saturated carbocycles.